The average Bonchev–Trinajstić information content (AvgIpc) is 2.66. The van der Waals surface area contributed by atoms with Gasteiger partial charge in [0.2, 0.25) is 0 Å². The Bertz CT molecular complexity index is 755. The minimum absolute atomic E-state index is 0.294. The van der Waals surface area contributed by atoms with Crippen molar-refractivity contribution in [2.24, 2.45) is 11.0 Å². The third kappa shape index (κ3) is 5.51. The molecule has 2 aromatic carbocycles. The number of carbonyl (C=O) groups excluding carboxylic acids is 1. The summed E-state index contributed by atoms with van der Waals surface area (Å²) in [6.07, 6.45) is 1.54. The van der Waals surface area contributed by atoms with E-state index in [2.05, 4.69) is 24.4 Å². The Balaban J connectivity index is 1.94. The zero-order valence-electron chi connectivity index (χ0n) is 15.5. The lowest BCUT2D eigenvalue weighted by atomic mass is 10.2. The number of rotatable bonds is 8. The van der Waals surface area contributed by atoms with Crippen LogP contribution in [0.3, 0.4) is 0 Å². The number of amides is 1. The number of hydrogen-bond donors (Lipinski definition) is 1. The molecule has 0 aliphatic carbocycles. The van der Waals surface area contributed by atoms with Crippen molar-refractivity contribution in [1.82, 2.24) is 5.43 Å². The fourth-order valence-corrected chi connectivity index (χ4v) is 2.13. The first-order valence-corrected chi connectivity index (χ1v) is 8.31. The highest BCUT2D eigenvalue weighted by molar-refractivity contribution is 5.95. The maximum atomic E-state index is 12.1. The summed E-state index contributed by atoms with van der Waals surface area (Å²) in [7, 11) is 3.14. The lowest BCUT2D eigenvalue weighted by Crippen LogP contribution is -2.17. The van der Waals surface area contributed by atoms with Gasteiger partial charge in [-0.25, -0.2) is 5.43 Å². The molecule has 6 heteroatoms. The van der Waals surface area contributed by atoms with E-state index in [1.54, 1.807) is 56.8 Å². The minimum atomic E-state index is -0.294. The third-order valence-electron chi connectivity index (χ3n) is 3.49. The van der Waals surface area contributed by atoms with E-state index in [0.29, 0.717) is 29.6 Å². The molecule has 0 aliphatic heterocycles. The number of methoxy groups -OCH3 is 2. The van der Waals surface area contributed by atoms with Crippen molar-refractivity contribution in [2.75, 3.05) is 20.8 Å². The molecule has 0 spiro atoms. The van der Waals surface area contributed by atoms with Crippen molar-refractivity contribution >= 4 is 12.1 Å². The van der Waals surface area contributed by atoms with E-state index in [1.165, 1.54) is 0 Å². The number of hydrogen-bond acceptors (Lipinski definition) is 5. The molecule has 138 valence electrons. The topological polar surface area (TPSA) is 69.2 Å². The minimum Gasteiger partial charge on any atom is -0.493 e. The fraction of sp³-hybridized carbons (Fsp3) is 0.300. The number of hydrazone groups is 1. The molecule has 0 radical (unpaired) electrons. The van der Waals surface area contributed by atoms with Crippen molar-refractivity contribution in [2.45, 2.75) is 13.8 Å². The number of nitrogens with one attached hydrogen (secondary N) is 1. The van der Waals surface area contributed by atoms with Gasteiger partial charge in [-0.3, -0.25) is 4.79 Å². The molecule has 0 saturated carbocycles. The molecule has 0 aromatic heterocycles. The van der Waals surface area contributed by atoms with E-state index in [0.717, 1.165) is 11.3 Å². The van der Waals surface area contributed by atoms with Gasteiger partial charge in [0.15, 0.2) is 11.5 Å². The smallest absolute Gasteiger partial charge is 0.271 e. The van der Waals surface area contributed by atoms with Crippen LogP contribution in [0.4, 0.5) is 0 Å². The molecule has 2 aromatic rings. The van der Waals surface area contributed by atoms with Crippen LogP contribution < -0.4 is 19.6 Å². The first kappa shape index (κ1) is 19.3. The second-order valence-corrected chi connectivity index (χ2v) is 6.04. The van der Waals surface area contributed by atoms with Crippen LogP contribution in [-0.2, 0) is 0 Å². The molecule has 26 heavy (non-hydrogen) atoms. The van der Waals surface area contributed by atoms with Gasteiger partial charge in [0.25, 0.3) is 5.91 Å². The second kappa shape index (κ2) is 9.46. The summed E-state index contributed by atoms with van der Waals surface area (Å²) in [5.74, 6) is 2.12. The SMILES string of the molecule is COc1ccc(/C=N/NC(=O)c2ccc(OCC(C)C)cc2)cc1OC. The van der Waals surface area contributed by atoms with Crippen LogP contribution in [0, 0.1) is 5.92 Å². The Kier molecular flexibility index (Phi) is 7.02. The van der Waals surface area contributed by atoms with Gasteiger partial charge in [-0.2, -0.15) is 5.10 Å². The van der Waals surface area contributed by atoms with Gasteiger partial charge < -0.3 is 14.2 Å². The normalized spacial score (nSPS) is 10.8. The number of benzene rings is 2. The summed E-state index contributed by atoms with van der Waals surface area (Å²) in [5.41, 5.74) is 3.78. The molecular formula is C20H24N2O4. The Hall–Kier alpha value is -3.02. The van der Waals surface area contributed by atoms with E-state index >= 15 is 0 Å². The molecule has 0 heterocycles. The van der Waals surface area contributed by atoms with Crippen molar-refractivity contribution < 1.29 is 19.0 Å². The van der Waals surface area contributed by atoms with Crippen molar-refractivity contribution in [3.8, 4) is 17.2 Å². The van der Waals surface area contributed by atoms with E-state index in [-0.39, 0.29) is 5.91 Å². The van der Waals surface area contributed by atoms with Crippen molar-refractivity contribution in [3.63, 3.8) is 0 Å². The van der Waals surface area contributed by atoms with Crippen LogP contribution in [0.15, 0.2) is 47.6 Å². The van der Waals surface area contributed by atoms with E-state index in [4.69, 9.17) is 14.2 Å². The highest BCUT2D eigenvalue weighted by Gasteiger charge is 2.06. The highest BCUT2D eigenvalue weighted by Crippen LogP contribution is 2.26. The Morgan fingerprint density at radius 3 is 2.38 bits per heavy atom. The third-order valence-corrected chi connectivity index (χ3v) is 3.49. The molecule has 0 saturated heterocycles. The molecule has 2 rings (SSSR count). The monoisotopic (exact) mass is 356 g/mol. The van der Waals surface area contributed by atoms with Crippen LogP contribution in [0.25, 0.3) is 0 Å². The molecule has 0 fully saturated rings. The molecule has 0 atom stereocenters. The second-order valence-electron chi connectivity index (χ2n) is 6.04. The lowest BCUT2D eigenvalue weighted by molar-refractivity contribution is 0.0955. The van der Waals surface area contributed by atoms with Crippen LogP contribution in [0.2, 0.25) is 0 Å². The highest BCUT2D eigenvalue weighted by atomic mass is 16.5. The first-order valence-electron chi connectivity index (χ1n) is 8.31. The molecule has 0 unspecified atom stereocenters. The van der Waals surface area contributed by atoms with Crippen LogP contribution in [0.1, 0.15) is 29.8 Å². The average molecular weight is 356 g/mol. The van der Waals surface area contributed by atoms with Crippen molar-refractivity contribution in [1.29, 1.82) is 0 Å². The van der Waals surface area contributed by atoms with Crippen LogP contribution >= 0.6 is 0 Å². The lowest BCUT2D eigenvalue weighted by Gasteiger charge is -2.09. The van der Waals surface area contributed by atoms with Crippen LogP contribution in [-0.4, -0.2) is 32.9 Å². The molecule has 0 bridgehead atoms. The van der Waals surface area contributed by atoms with Gasteiger partial charge in [0.1, 0.15) is 5.75 Å². The summed E-state index contributed by atoms with van der Waals surface area (Å²) >= 11 is 0. The Labute approximate surface area is 153 Å². The van der Waals surface area contributed by atoms with E-state index in [9.17, 15) is 4.79 Å². The Morgan fingerprint density at radius 1 is 1.08 bits per heavy atom. The quantitative estimate of drug-likeness (QED) is 0.580. The molecule has 0 aliphatic rings. The van der Waals surface area contributed by atoms with Gasteiger partial charge >= 0.3 is 0 Å². The molecule has 1 amide bonds. The Morgan fingerprint density at radius 2 is 1.77 bits per heavy atom. The first-order chi connectivity index (χ1) is 12.5. The van der Waals surface area contributed by atoms with Gasteiger partial charge in [-0.1, -0.05) is 13.8 Å². The van der Waals surface area contributed by atoms with Crippen LogP contribution in [0.5, 0.6) is 17.2 Å². The predicted octanol–water partition coefficient (Wildman–Crippen LogP) is 3.50. The maximum absolute atomic E-state index is 12.1. The van der Waals surface area contributed by atoms with Gasteiger partial charge in [0, 0.05) is 5.56 Å². The van der Waals surface area contributed by atoms with E-state index in [1.807, 2.05) is 6.07 Å². The molecule has 6 nitrogen and oxygen atoms in total. The standard InChI is InChI=1S/C20H24N2O4/c1-14(2)13-26-17-8-6-16(7-9-17)20(23)22-21-12-15-5-10-18(24-3)19(11-15)25-4/h5-12,14H,13H2,1-4H3,(H,22,23)/b21-12+. The van der Waals surface area contributed by atoms with Gasteiger partial charge in [0.05, 0.1) is 27.0 Å². The summed E-state index contributed by atoms with van der Waals surface area (Å²) in [5, 5.41) is 3.98. The van der Waals surface area contributed by atoms with Gasteiger partial charge in [-0.05, 0) is 53.9 Å². The molecule has 1 N–H and O–H groups in total. The summed E-state index contributed by atoms with van der Waals surface area (Å²) < 4.78 is 16.0. The summed E-state index contributed by atoms with van der Waals surface area (Å²) in [4.78, 5) is 12.1. The number of ether oxygens (including phenoxy) is 3. The van der Waals surface area contributed by atoms with Crippen molar-refractivity contribution in [3.05, 3.63) is 53.6 Å². The predicted molar refractivity (Wildman–Crippen MR) is 101 cm³/mol. The largest absolute Gasteiger partial charge is 0.493 e. The summed E-state index contributed by atoms with van der Waals surface area (Å²) in [6, 6.07) is 12.3. The number of nitrogens with zero attached hydrogens (tertiary/aromatic N) is 1. The fourth-order valence-electron chi connectivity index (χ4n) is 2.13. The summed E-state index contributed by atoms with van der Waals surface area (Å²) in [6.45, 7) is 4.80. The van der Waals surface area contributed by atoms with E-state index < -0.39 is 0 Å². The zero-order valence-corrected chi connectivity index (χ0v) is 15.5. The molecular weight excluding hydrogens is 332 g/mol. The maximum Gasteiger partial charge on any atom is 0.271 e. The number of carbonyl (C=O) groups is 1. The zero-order chi connectivity index (χ0) is 18.9. The van der Waals surface area contributed by atoms with Gasteiger partial charge in [-0.15, -0.1) is 0 Å².